The number of piperidine rings is 1. The summed E-state index contributed by atoms with van der Waals surface area (Å²) < 4.78 is 27.1. The van der Waals surface area contributed by atoms with E-state index in [2.05, 4.69) is 0 Å². The molecule has 0 unspecified atom stereocenters. The summed E-state index contributed by atoms with van der Waals surface area (Å²) in [5.41, 5.74) is 1.14. The number of likely N-dealkylation sites (tertiary alicyclic amines) is 1. The molecule has 0 radical (unpaired) electrons. The first-order chi connectivity index (χ1) is 17.4. The summed E-state index contributed by atoms with van der Waals surface area (Å²) in [7, 11) is 3.09. The van der Waals surface area contributed by atoms with Gasteiger partial charge in [-0.1, -0.05) is 6.07 Å². The van der Waals surface area contributed by atoms with Crippen LogP contribution in [0.25, 0.3) is 6.08 Å². The van der Waals surface area contributed by atoms with Crippen LogP contribution in [0.15, 0.2) is 42.2 Å². The lowest BCUT2D eigenvalue weighted by atomic mass is 9.97. The van der Waals surface area contributed by atoms with Gasteiger partial charge in [-0.3, -0.25) is 14.4 Å². The fraction of sp³-hybridized carbons (Fsp3) is 0.370. The monoisotopic (exact) mass is 495 g/mol. The number of nitrogens with zero attached hydrogens (tertiary/aromatic N) is 1. The van der Waals surface area contributed by atoms with E-state index in [1.807, 2.05) is 0 Å². The lowest BCUT2D eigenvalue weighted by Crippen LogP contribution is -2.42. The molecule has 0 saturated carbocycles. The van der Waals surface area contributed by atoms with Gasteiger partial charge in [0, 0.05) is 19.2 Å². The number of hydrogen-bond donors (Lipinski definition) is 0. The first-order valence-electron chi connectivity index (χ1n) is 11.8. The van der Waals surface area contributed by atoms with Gasteiger partial charge in [-0.05, 0) is 55.7 Å². The number of rotatable bonds is 8. The fourth-order valence-electron chi connectivity index (χ4n) is 4.21. The predicted molar refractivity (Wildman–Crippen MR) is 130 cm³/mol. The SMILES string of the molecule is CCOC(=O)C1CCN(C(=O)COc2ccc3c(c2)OC(=Cc2ccc(OC)c(OC)c2)C3=O)CC1. The molecule has 190 valence electrons. The van der Waals surface area contributed by atoms with Crippen LogP contribution in [0.3, 0.4) is 0 Å². The minimum atomic E-state index is -0.244. The molecule has 4 rings (SSSR count). The zero-order valence-electron chi connectivity index (χ0n) is 20.6. The van der Waals surface area contributed by atoms with Crippen molar-refractivity contribution in [1.29, 1.82) is 0 Å². The number of benzene rings is 2. The van der Waals surface area contributed by atoms with Gasteiger partial charge in [0.15, 0.2) is 23.9 Å². The Bertz CT molecular complexity index is 1180. The number of ketones is 1. The molecule has 0 aromatic heterocycles. The highest BCUT2D eigenvalue weighted by Gasteiger charge is 2.30. The Hall–Kier alpha value is -4.01. The molecule has 0 bridgehead atoms. The second-order valence-corrected chi connectivity index (χ2v) is 8.41. The lowest BCUT2D eigenvalue weighted by Gasteiger charge is -2.30. The third-order valence-corrected chi connectivity index (χ3v) is 6.18. The van der Waals surface area contributed by atoms with Crippen LogP contribution in [-0.2, 0) is 14.3 Å². The van der Waals surface area contributed by atoms with Gasteiger partial charge in [-0.2, -0.15) is 0 Å². The molecular formula is C27H29NO8. The number of methoxy groups -OCH3 is 2. The largest absolute Gasteiger partial charge is 0.493 e. The number of ether oxygens (including phenoxy) is 5. The van der Waals surface area contributed by atoms with Crippen LogP contribution < -0.4 is 18.9 Å². The van der Waals surface area contributed by atoms with Gasteiger partial charge in [0.25, 0.3) is 5.91 Å². The molecule has 0 N–H and O–H groups in total. The van der Waals surface area contributed by atoms with E-state index in [0.717, 1.165) is 5.56 Å². The summed E-state index contributed by atoms with van der Waals surface area (Å²) in [5, 5.41) is 0. The summed E-state index contributed by atoms with van der Waals surface area (Å²) in [6.45, 7) is 2.96. The molecule has 9 nitrogen and oxygen atoms in total. The van der Waals surface area contributed by atoms with E-state index >= 15 is 0 Å². The van der Waals surface area contributed by atoms with E-state index in [0.29, 0.717) is 61.1 Å². The summed E-state index contributed by atoms with van der Waals surface area (Å²) in [6, 6.07) is 10.2. The molecule has 9 heteroatoms. The first kappa shape index (κ1) is 25.1. The van der Waals surface area contributed by atoms with Gasteiger partial charge in [-0.15, -0.1) is 0 Å². The third kappa shape index (κ3) is 5.45. The zero-order chi connectivity index (χ0) is 25.7. The minimum absolute atomic E-state index is 0.148. The van der Waals surface area contributed by atoms with Gasteiger partial charge in [0.1, 0.15) is 11.5 Å². The zero-order valence-corrected chi connectivity index (χ0v) is 20.6. The Kier molecular flexibility index (Phi) is 7.77. The topological polar surface area (TPSA) is 101 Å². The molecule has 0 aliphatic carbocycles. The van der Waals surface area contributed by atoms with Crippen LogP contribution in [0.1, 0.15) is 35.7 Å². The van der Waals surface area contributed by atoms with Crippen LogP contribution in [0.4, 0.5) is 0 Å². The van der Waals surface area contributed by atoms with Gasteiger partial charge in [0.2, 0.25) is 5.78 Å². The van der Waals surface area contributed by atoms with Crippen molar-refractivity contribution in [2.45, 2.75) is 19.8 Å². The molecule has 0 atom stereocenters. The number of allylic oxidation sites excluding steroid dienone is 1. The van der Waals surface area contributed by atoms with Crippen molar-refractivity contribution < 1.29 is 38.1 Å². The molecular weight excluding hydrogens is 466 g/mol. The van der Waals surface area contributed by atoms with Crippen LogP contribution in [0, 0.1) is 5.92 Å². The molecule has 2 heterocycles. The highest BCUT2D eigenvalue weighted by atomic mass is 16.5. The van der Waals surface area contributed by atoms with E-state index in [4.69, 9.17) is 23.7 Å². The summed E-state index contributed by atoms with van der Waals surface area (Å²) in [5.74, 6) is 1.32. The number of esters is 1. The fourth-order valence-corrected chi connectivity index (χ4v) is 4.21. The maximum Gasteiger partial charge on any atom is 0.309 e. The number of amides is 1. The van der Waals surface area contributed by atoms with Crippen LogP contribution in [0.2, 0.25) is 0 Å². The lowest BCUT2D eigenvalue weighted by molar-refractivity contribution is -0.151. The average molecular weight is 496 g/mol. The quantitative estimate of drug-likeness (QED) is 0.405. The molecule has 1 fully saturated rings. The standard InChI is InChI=1S/C27H29NO8/c1-4-34-27(31)18-9-11-28(12-10-18)25(29)16-35-19-6-7-20-22(15-19)36-24(26(20)30)14-17-5-8-21(32-2)23(13-17)33-3/h5-8,13-15,18H,4,9-12,16H2,1-3H3. The number of carbonyl (C=O) groups is 3. The van der Waals surface area contributed by atoms with E-state index in [1.54, 1.807) is 68.5 Å². The average Bonchev–Trinajstić information content (AvgIpc) is 3.21. The molecule has 1 amide bonds. The van der Waals surface area contributed by atoms with Gasteiger partial charge < -0.3 is 28.6 Å². The van der Waals surface area contributed by atoms with Crippen LogP contribution >= 0.6 is 0 Å². The maximum atomic E-state index is 12.8. The van der Waals surface area contributed by atoms with E-state index in [-0.39, 0.29) is 35.9 Å². The van der Waals surface area contributed by atoms with Crippen molar-refractivity contribution in [2.75, 3.05) is 40.5 Å². The van der Waals surface area contributed by atoms with E-state index in [9.17, 15) is 14.4 Å². The summed E-state index contributed by atoms with van der Waals surface area (Å²) in [6.07, 6.45) is 2.79. The molecule has 2 aromatic rings. The van der Waals surface area contributed by atoms with Crippen LogP contribution in [-0.4, -0.2) is 63.1 Å². The van der Waals surface area contributed by atoms with Crippen LogP contribution in [0.5, 0.6) is 23.0 Å². The van der Waals surface area contributed by atoms with Gasteiger partial charge >= 0.3 is 5.97 Å². The van der Waals surface area contributed by atoms with E-state index in [1.165, 1.54) is 0 Å². The smallest absolute Gasteiger partial charge is 0.309 e. The minimum Gasteiger partial charge on any atom is -0.493 e. The Morgan fingerprint density at radius 1 is 1.06 bits per heavy atom. The second-order valence-electron chi connectivity index (χ2n) is 8.41. The highest BCUT2D eigenvalue weighted by Crippen LogP contribution is 2.36. The molecule has 2 aliphatic heterocycles. The van der Waals surface area contributed by atoms with Crippen molar-refractivity contribution in [3.63, 3.8) is 0 Å². The van der Waals surface area contributed by atoms with Crippen molar-refractivity contribution in [3.8, 4) is 23.0 Å². The molecule has 36 heavy (non-hydrogen) atoms. The Morgan fingerprint density at radius 2 is 1.81 bits per heavy atom. The number of fused-ring (bicyclic) bond motifs is 1. The van der Waals surface area contributed by atoms with Crippen molar-refractivity contribution in [3.05, 3.63) is 53.3 Å². The van der Waals surface area contributed by atoms with Gasteiger partial charge in [-0.25, -0.2) is 0 Å². The highest BCUT2D eigenvalue weighted by molar-refractivity contribution is 6.14. The second kappa shape index (κ2) is 11.2. The molecule has 2 aliphatic rings. The first-order valence-corrected chi connectivity index (χ1v) is 11.8. The Morgan fingerprint density at radius 3 is 2.50 bits per heavy atom. The van der Waals surface area contributed by atoms with Crippen molar-refractivity contribution >= 4 is 23.7 Å². The predicted octanol–water partition coefficient (Wildman–Crippen LogP) is 3.50. The Labute approximate surface area is 209 Å². The normalized spacial score (nSPS) is 16.4. The van der Waals surface area contributed by atoms with Gasteiger partial charge in [0.05, 0.1) is 32.3 Å². The maximum absolute atomic E-state index is 12.8. The summed E-state index contributed by atoms with van der Waals surface area (Å²) >= 11 is 0. The van der Waals surface area contributed by atoms with Crippen molar-refractivity contribution in [2.24, 2.45) is 5.92 Å². The van der Waals surface area contributed by atoms with Crippen molar-refractivity contribution in [1.82, 2.24) is 4.90 Å². The molecule has 1 saturated heterocycles. The van der Waals surface area contributed by atoms with E-state index < -0.39 is 0 Å². The number of Topliss-reactive ketones (excluding diaryl/α,β-unsaturated/α-hetero) is 1. The Balaban J connectivity index is 1.35. The number of carbonyl (C=O) groups excluding carboxylic acids is 3. The molecule has 0 spiro atoms. The molecule has 2 aromatic carbocycles. The number of hydrogen-bond acceptors (Lipinski definition) is 8. The third-order valence-electron chi connectivity index (χ3n) is 6.18. The summed E-state index contributed by atoms with van der Waals surface area (Å²) in [4.78, 5) is 38.9.